The number of ether oxygens (including phenoxy) is 2. The fraction of sp³-hybridized carbons (Fsp3) is 0.158. The van der Waals surface area contributed by atoms with E-state index in [2.05, 4.69) is 34.6 Å². The molecule has 0 aliphatic heterocycles. The molecule has 3 aromatic rings. The molecule has 3 rings (SSSR count). The number of hydrogen-bond acceptors (Lipinski definition) is 6. The van der Waals surface area contributed by atoms with E-state index in [0.29, 0.717) is 32.2 Å². The fourth-order valence-electron chi connectivity index (χ4n) is 2.43. The van der Waals surface area contributed by atoms with Gasteiger partial charge in [-0.25, -0.2) is 4.98 Å². The molecule has 0 aliphatic rings. The number of anilines is 1. The SMILES string of the molecule is COc1c(Cl)cc(/C=N\Nc2nc(-c3ccc(C)cc3)cs2)c(OC)c1Cl. The van der Waals surface area contributed by atoms with E-state index in [9.17, 15) is 0 Å². The number of hydrazone groups is 1. The summed E-state index contributed by atoms with van der Waals surface area (Å²) in [6.45, 7) is 2.05. The van der Waals surface area contributed by atoms with E-state index in [1.54, 1.807) is 12.3 Å². The van der Waals surface area contributed by atoms with Gasteiger partial charge in [0, 0.05) is 16.5 Å². The van der Waals surface area contributed by atoms with E-state index in [-0.39, 0.29) is 0 Å². The molecule has 1 heterocycles. The van der Waals surface area contributed by atoms with Gasteiger partial charge in [-0.3, -0.25) is 5.43 Å². The normalized spacial score (nSPS) is 11.0. The van der Waals surface area contributed by atoms with Crippen molar-refractivity contribution in [2.24, 2.45) is 5.10 Å². The molecule has 0 spiro atoms. The van der Waals surface area contributed by atoms with Crippen LogP contribution in [0.25, 0.3) is 11.3 Å². The molecule has 1 N–H and O–H groups in total. The van der Waals surface area contributed by atoms with Crippen LogP contribution in [0.5, 0.6) is 11.5 Å². The van der Waals surface area contributed by atoms with Crippen LogP contribution in [0.15, 0.2) is 40.8 Å². The number of halogens is 2. The first-order chi connectivity index (χ1) is 13.0. The third-order valence-electron chi connectivity index (χ3n) is 3.78. The van der Waals surface area contributed by atoms with E-state index in [1.807, 2.05) is 17.5 Å². The Morgan fingerprint density at radius 3 is 2.48 bits per heavy atom. The predicted molar refractivity (Wildman–Crippen MR) is 113 cm³/mol. The van der Waals surface area contributed by atoms with Gasteiger partial charge in [0.2, 0.25) is 5.13 Å². The van der Waals surface area contributed by atoms with Crippen LogP contribution in [-0.2, 0) is 0 Å². The van der Waals surface area contributed by atoms with Gasteiger partial charge in [-0.05, 0) is 13.0 Å². The van der Waals surface area contributed by atoms with Crippen LogP contribution in [0, 0.1) is 6.92 Å². The molecule has 1 aromatic heterocycles. The van der Waals surface area contributed by atoms with Gasteiger partial charge in [-0.2, -0.15) is 5.10 Å². The van der Waals surface area contributed by atoms with Crippen molar-refractivity contribution in [3.63, 3.8) is 0 Å². The zero-order valence-electron chi connectivity index (χ0n) is 14.9. The van der Waals surface area contributed by atoms with E-state index >= 15 is 0 Å². The van der Waals surface area contributed by atoms with E-state index in [0.717, 1.165) is 11.3 Å². The van der Waals surface area contributed by atoms with Gasteiger partial charge in [0.15, 0.2) is 5.75 Å². The highest BCUT2D eigenvalue weighted by atomic mass is 35.5. The van der Waals surface area contributed by atoms with Crippen molar-refractivity contribution in [1.82, 2.24) is 4.98 Å². The molecule has 0 aliphatic carbocycles. The molecule has 0 amide bonds. The van der Waals surface area contributed by atoms with Crippen molar-refractivity contribution in [2.45, 2.75) is 6.92 Å². The smallest absolute Gasteiger partial charge is 0.203 e. The minimum atomic E-state index is 0.296. The number of aryl methyl sites for hydroxylation is 1. The summed E-state index contributed by atoms with van der Waals surface area (Å²) in [5.74, 6) is 0.797. The van der Waals surface area contributed by atoms with Crippen LogP contribution in [-0.4, -0.2) is 25.4 Å². The lowest BCUT2D eigenvalue weighted by Crippen LogP contribution is -1.97. The number of benzene rings is 2. The van der Waals surface area contributed by atoms with E-state index < -0.39 is 0 Å². The second kappa shape index (κ2) is 8.61. The third-order valence-corrected chi connectivity index (χ3v) is 5.15. The summed E-state index contributed by atoms with van der Waals surface area (Å²) >= 11 is 13.9. The Morgan fingerprint density at radius 1 is 1.11 bits per heavy atom. The number of methoxy groups -OCH3 is 2. The Kier molecular flexibility index (Phi) is 6.21. The molecule has 0 radical (unpaired) electrons. The highest BCUT2D eigenvalue weighted by Crippen LogP contribution is 2.41. The average molecular weight is 422 g/mol. The van der Waals surface area contributed by atoms with Gasteiger partial charge in [0.1, 0.15) is 10.8 Å². The number of rotatable bonds is 6. The minimum absolute atomic E-state index is 0.296. The molecule has 8 heteroatoms. The first-order valence-corrected chi connectivity index (χ1v) is 9.58. The summed E-state index contributed by atoms with van der Waals surface area (Å²) in [7, 11) is 3.02. The van der Waals surface area contributed by atoms with Crippen molar-refractivity contribution in [2.75, 3.05) is 19.6 Å². The number of hydrogen-bond donors (Lipinski definition) is 1. The van der Waals surface area contributed by atoms with E-state index in [1.165, 1.54) is 31.1 Å². The molecule has 0 unspecified atom stereocenters. The van der Waals surface area contributed by atoms with E-state index in [4.69, 9.17) is 32.7 Å². The number of nitrogens with one attached hydrogen (secondary N) is 1. The second-order valence-electron chi connectivity index (χ2n) is 5.60. The Bertz CT molecular complexity index is 972. The number of nitrogens with zero attached hydrogens (tertiary/aromatic N) is 2. The van der Waals surface area contributed by atoms with Gasteiger partial charge in [-0.15, -0.1) is 11.3 Å². The van der Waals surface area contributed by atoms with Gasteiger partial charge in [0.05, 0.1) is 31.2 Å². The topological polar surface area (TPSA) is 55.7 Å². The summed E-state index contributed by atoms with van der Waals surface area (Å²) in [5.41, 5.74) is 6.70. The van der Waals surface area contributed by atoms with Crippen molar-refractivity contribution < 1.29 is 9.47 Å². The molecule has 5 nitrogen and oxygen atoms in total. The molecule has 0 saturated carbocycles. The van der Waals surface area contributed by atoms with Crippen molar-refractivity contribution >= 4 is 45.9 Å². The van der Waals surface area contributed by atoms with Gasteiger partial charge < -0.3 is 9.47 Å². The molecule has 27 heavy (non-hydrogen) atoms. The Labute approximate surface area is 171 Å². The largest absolute Gasteiger partial charge is 0.494 e. The second-order valence-corrected chi connectivity index (χ2v) is 7.25. The molecule has 0 bridgehead atoms. The van der Waals surface area contributed by atoms with Crippen LogP contribution >= 0.6 is 34.5 Å². The number of aromatic nitrogens is 1. The quantitative estimate of drug-likeness (QED) is 0.398. The maximum Gasteiger partial charge on any atom is 0.203 e. The monoisotopic (exact) mass is 421 g/mol. The van der Waals surface area contributed by atoms with Crippen LogP contribution < -0.4 is 14.9 Å². The molecular weight excluding hydrogens is 405 g/mol. The summed E-state index contributed by atoms with van der Waals surface area (Å²) in [5, 5.41) is 7.53. The lowest BCUT2D eigenvalue weighted by atomic mass is 10.1. The molecule has 0 fully saturated rings. The number of thiazole rings is 1. The zero-order valence-corrected chi connectivity index (χ0v) is 17.2. The van der Waals surface area contributed by atoms with Crippen LogP contribution in [0.3, 0.4) is 0 Å². The van der Waals surface area contributed by atoms with Gasteiger partial charge in [-0.1, -0.05) is 53.0 Å². The van der Waals surface area contributed by atoms with Crippen molar-refractivity contribution in [3.05, 3.63) is 56.9 Å². The first kappa shape index (κ1) is 19.5. The average Bonchev–Trinajstić information content (AvgIpc) is 3.11. The summed E-state index contributed by atoms with van der Waals surface area (Å²) in [6.07, 6.45) is 1.57. The van der Waals surface area contributed by atoms with Crippen LogP contribution in [0.4, 0.5) is 5.13 Å². The highest BCUT2D eigenvalue weighted by molar-refractivity contribution is 7.14. The van der Waals surface area contributed by atoms with Crippen LogP contribution in [0.2, 0.25) is 10.0 Å². The molecule has 140 valence electrons. The molecule has 0 atom stereocenters. The maximum absolute atomic E-state index is 6.27. The van der Waals surface area contributed by atoms with Crippen molar-refractivity contribution in [3.8, 4) is 22.8 Å². The maximum atomic E-state index is 6.27. The minimum Gasteiger partial charge on any atom is -0.494 e. The van der Waals surface area contributed by atoms with Crippen LogP contribution in [0.1, 0.15) is 11.1 Å². The predicted octanol–water partition coefficient (Wildman–Crippen LogP) is 5.89. The summed E-state index contributed by atoms with van der Waals surface area (Å²) in [6, 6.07) is 9.88. The van der Waals surface area contributed by atoms with Crippen molar-refractivity contribution in [1.29, 1.82) is 0 Å². The fourth-order valence-corrected chi connectivity index (χ4v) is 3.80. The van der Waals surface area contributed by atoms with Gasteiger partial charge >= 0.3 is 0 Å². The lowest BCUT2D eigenvalue weighted by molar-refractivity contribution is 0.394. The lowest BCUT2D eigenvalue weighted by Gasteiger charge is -2.12. The summed E-state index contributed by atoms with van der Waals surface area (Å²) in [4.78, 5) is 4.54. The highest BCUT2D eigenvalue weighted by Gasteiger charge is 2.16. The third kappa shape index (κ3) is 4.35. The Balaban J connectivity index is 1.77. The first-order valence-electron chi connectivity index (χ1n) is 7.95. The molecule has 0 saturated heterocycles. The Morgan fingerprint density at radius 2 is 1.81 bits per heavy atom. The standard InChI is InChI=1S/C19H17Cl2N3O2S/c1-11-4-6-12(7-5-11)15-10-27-19(23-15)24-22-9-13-8-14(20)18(26-3)16(21)17(13)25-2/h4-10H,1-3H3,(H,23,24)/b22-9-. The summed E-state index contributed by atoms with van der Waals surface area (Å²) < 4.78 is 10.5. The molecular formula is C19H17Cl2N3O2S. The zero-order chi connectivity index (χ0) is 19.4. The van der Waals surface area contributed by atoms with Gasteiger partial charge in [0.25, 0.3) is 0 Å². The Hall–Kier alpha value is -2.28. The molecule has 2 aromatic carbocycles.